The van der Waals surface area contributed by atoms with Crippen LogP contribution in [0.25, 0.3) is 0 Å². The first kappa shape index (κ1) is 22.5. The van der Waals surface area contributed by atoms with Crippen molar-refractivity contribution in [1.29, 1.82) is 0 Å². The number of carbonyl (C=O) groups excluding carboxylic acids is 1. The third-order valence-electron chi connectivity index (χ3n) is 2.99. The predicted octanol–water partition coefficient (Wildman–Crippen LogP) is 2.41. The molecular weight excluding hydrogens is 311 g/mol. The fourth-order valence-electron chi connectivity index (χ4n) is 2.11. The lowest BCUT2D eigenvalue weighted by Gasteiger charge is -2.14. The topological polar surface area (TPSA) is 58.9 Å². The number of amides is 1. The van der Waals surface area contributed by atoms with Gasteiger partial charge in [0.1, 0.15) is 0 Å². The lowest BCUT2D eigenvalue weighted by molar-refractivity contribution is -0.121. The largest absolute Gasteiger partial charge is 0.355 e. The van der Waals surface area contributed by atoms with Gasteiger partial charge in [0.2, 0.25) is 5.91 Å². The monoisotopic (exact) mass is 338 g/mol. The molecule has 0 aliphatic heterocycles. The summed E-state index contributed by atoms with van der Waals surface area (Å²) in [4.78, 5) is 11.8. The summed E-state index contributed by atoms with van der Waals surface area (Å²) in [6.07, 6.45) is 1.58. The molecule has 2 N–H and O–H groups in total. The number of halogens is 2. The van der Waals surface area contributed by atoms with Gasteiger partial charge >= 0.3 is 0 Å². The van der Waals surface area contributed by atoms with Crippen LogP contribution >= 0.6 is 24.8 Å². The molecule has 5 nitrogen and oxygen atoms in total. The second kappa shape index (κ2) is 11.8. The Morgan fingerprint density at radius 3 is 2.48 bits per heavy atom. The van der Waals surface area contributed by atoms with E-state index >= 15 is 0 Å². The molecule has 0 aliphatic carbocycles. The highest BCUT2D eigenvalue weighted by molar-refractivity contribution is 5.85. The SMILES string of the molecule is CCCNCCNC(=O)CC(C)n1nc(C)cc1C.Cl.Cl. The molecule has 7 heteroatoms. The minimum absolute atomic E-state index is 0. The quantitative estimate of drug-likeness (QED) is 0.715. The minimum atomic E-state index is 0. The summed E-state index contributed by atoms with van der Waals surface area (Å²) in [6, 6.07) is 2.13. The van der Waals surface area contributed by atoms with E-state index in [4.69, 9.17) is 0 Å². The zero-order valence-corrected chi connectivity index (χ0v) is 14.9. The first-order valence-corrected chi connectivity index (χ1v) is 7.04. The van der Waals surface area contributed by atoms with E-state index in [1.165, 1.54) is 0 Å². The Morgan fingerprint density at radius 2 is 1.95 bits per heavy atom. The summed E-state index contributed by atoms with van der Waals surface area (Å²) in [7, 11) is 0. The van der Waals surface area contributed by atoms with Crippen molar-refractivity contribution in [2.24, 2.45) is 0 Å². The van der Waals surface area contributed by atoms with Gasteiger partial charge in [0.15, 0.2) is 0 Å². The van der Waals surface area contributed by atoms with Crippen molar-refractivity contribution in [3.63, 3.8) is 0 Å². The smallest absolute Gasteiger partial charge is 0.222 e. The number of aromatic nitrogens is 2. The Kier molecular flexibility index (Phi) is 12.7. The number of rotatable bonds is 8. The number of nitrogens with zero attached hydrogens (tertiary/aromatic N) is 2. The molecule has 1 aromatic heterocycles. The Labute approximate surface area is 140 Å². The molecule has 0 aliphatic rings. The molecule has 1 aromatic rings. The summed E-state index contributed by atoms with van der Waals surface area (Å²) in [6.45, 7) is 10.6. The first-order valence-electron chi connectivity index (χ1n) is 7.04. The normalized spacial score (nSPS) is 11.2. The van der Waals surface area contributed by atoms with Gasteiger partial charge in [-0.15, -0.1) is 24.8 Å². The minimum Gasteiger partial charge on any atom is -0.355 e. The van der Waals surface area contributed by atoms with Gasteiger partial charge in [-0.1, -0.05) is 6.92 Å². The van der Waals surface area contributed by atoms with Gasteiger partial charge < -0.3 is 10.6 Å². The van der Waals surface area contributed by atoms with Crippen molar-refractivity contribution >= 4 is 30.7 Å². The maximum atomic E-state index is 11.8. The summed E-state index contributed by atoms with van der Waals surface area (Å²) in [5.41, 5.74) is 2.09. The number of hydrogen-bond donors (Lipinski definition) is 2. The van der Waals surface area contributed by atoms with Gasteiger partial charge in [0, 0.05) is 25.2 Å². The van der Waals surface area contributed by atoms with Crippen molar-refractivity contribution in [3.8, 4) is 0 Å². The molecule has 1 unspecified atom stereocenters. The zero-order valence-electron chi connectivity index (χ0n) is 13.3. The lowest BCUT2D eigenvalue weighted by Crippen LogP contribution is -2.33. The lowest BCUT2D eigenvalue weighted by atomic mass is 10.2. The molecule has 1 amide bonds. The number of hydrogen-bond acceptors (Lipinski definition) is 3. The van der Waals surface area contributed by atoms with Crippen molar-refractivity contribution in [3.05, 3.63) is 17.5 Å². The molecule has 0 aromatic carbocycles. The van der Waals surface area contributed by atoms with E-state index < -0.39 is 0 Å². The molecular formula is C14H28Cl2N4O. The van der Waals surface area contributed by atoms with Crippen LogP contribution in [-0.2, 0) is 4.79 Å². The Hall–Kier alpha value is -0.780. The zero-order chi connectivity index (χ0) is 14.3. The van der Waals surface area contributed by atoms with Crippen molar-refractivity contribution in [1.82, 2.24) is 20.4 Å². The maximum Gasteiger partial charge on any atom is 0.222 e. The van der Waals surface area contributed by atoms with E-state index in [0.29, 0.717) is 13.0 Å². The van der Waals surface area contributed by atoms with E-state index in [1.807, 2.05) is 31.5 Å². The van der Waals surface area contributed by atoms with Crippen molar-refractivity contribution in [2.45, 2.75) is 46.6 Å². The first-order chi connectivity index (χ1) is 9.04. The highest BCUT2D eigenvalue weighted by Crippen LogP contribution is 2.13. The van der Waals surface area contributed by atoms with E-state index in [-0.39, 0.29) is 36.8 Å². The summed E-state index contributed by atoms with van der Waals surface area (Å²) >= 11 is 0. The van der Waals surface area contributed by atoms with Crippen LogP contribution in [0.3, 0.4) is 0 Å². The molecule has 0 saturated carbocycles. The fraction of sp³-hybridized carbons (Fsp3) is 0.714. The molecule has 0 spiro atoms. The van der Waals surface area contributed by atoms with Gasteiger partial charge in [-0.3, -0.25) is 9.48 Å². The summed E-state index contributed by atoms with van der Waals surface area (Å²) in [5.74, 6) is 0.0818. The molecule has 0 fully saturated rings. The number of aryl methyl sites for hydroxylation is 2. The second-order valence-electron chi connectivity index (χ2n) is 5.02. The van der Waals surface area contributed by atoms with Crippen LogP contribution < -0.4 is 10.6 Å². The van der Waals surface area contributed by atoms with E-state index in [1.54, 1.807) is 0 Å². The molecule has 1 heterocycles. The molecule has 1 atom stereocenters. The van der Waals surface area contributed by atoms with Crippen molar-refractivity contribution < 1.29 is 4.79 Å². The van der Waals surface area contributed by atoms with Crippen LogP contribution in [0.1, 0.15) is 44.1 Å². The van der Waals surface area contributed by atoms with Crippen LogP contribution in [-0.4, -0.2) is 35.3 Å². The molecule has 1 rings (SSSR count). The van der Waals surface area contributed by atoms with Crippen LogP contribution in [0.4, 0.5) is 0 Å². The maximum absolute atomic E-state index is 11.8. The Bertz CT molecular complexity index is 410. The van der Waals surface area contributed by atoms with Gasteiger partial charge in [-0.25, -0.2) is 0 Å². The Balaban J connectivity index is 0. The average Bonchev–Trinajstić information content (AvgIpc) is 2.68. The van der Waals surface area contributed by atoms with Crippen LogP contribution in [0.2, 0.25) is 0 Å². The third-order valence-corrected chi connectivity index (χ3v) is 2.99. The molecule has 0 bridgehead atoms. The highest BCUT2D eigenvalue weighted by Gasteiger charge is 2.13. The third kappa shape index (κ3) is 8.29. The van der Waals surface area contributed by atoms with Crippen LogP contribution in [0.15, 0.2) is 6.07 Å². The van der Waals surface area contributed by atoms with E-state index in [0.717, 1.165) is 30.9 Å². The van der Waals surface area contributed by atoms with Crippen molar-refractivity contribution in [2.75, 3.05) is 19.6 Å². The van der Waals surface area contributed by atoms with Gasteiger partial charge in [-0.05, 0) is 39.8 Å². The average molecular weight is 339 g/mol. The van der Waals surface area contributed by atoms with Gasteiger partial charge in [-0.2, -0.15) is 5.10 Å². The van der Waals surface area contributed by atoms with Crippen LogP contribution in [0, 0.1) is 13.8 Å². The second-order valence-corrected chi connectivity index (χ2v) is 5.02. The highest BCUT2D eigenvalue weighted by atomic mass is 35.5. The standard InChI is InChI=1S/C14H26N4O.2ClH/c1-5-6-15-7-8-16-14(19)10-13(4)18-12(3)9-11(2)17-18;;/h9,13,15H,5-8,10H2,1-4H3,(H,16,19);2*1H. The van der Waals surface area contributed by atoms with E-state index in [9.17, 15) is 4.79 Å². The number of carbonyl (C=O) groups is 1. The molecule has 124 valence electrons. The fourth-order valence-corrected chi connectivity index (χ4v) is 2.11. The molecule has 0 saturated heterocycles. The Morgan fingerprint density at radius 1 is 1.29 bits per heavy atom. The molecule has 0 radical (unpaired) electrons. The van der Waals surface area contributed by atoms with Crippen LogP contribution in [0.5, 0.6) is 0 Å². The summed E-state index contributed by atoms with van der Waals surface area (Å²) in [5, 5.41) is 10.6. The summed E-state index contributed by atoms with van der Waals surface area (Å²) < 4.78 is 1.92. The van der Waals surface area contributed by atoms with Gasteiger partial charge in [0.05, 0.1) is 11.7 Å². The van der Waals surface area contributed by atoms with Gasteiger partial charge in [0.25, 0.3) is 0 Å². The van der Waals surface area contributed by atoms with E-state index in [2.05, 4.69) is 22.7 Å². The molecule has 21 heavy (non-hydrogen) atoms. The number of nitrogens with one attached hydrogen (secondary N) is 2. The predicted molar refractivity (Wildman–Crippen MR) is 91.7 cm³/mol.